The number of nitrogens with two attached hydrogens (primary N) is 1. The standard InChI is InChI=1S/C14H13ClN2O2S/c1-2-19-14(18)12-7-10(16)8-17-13(12)20-11-5-3-4-9(15)6-11/h3-8H,2,16H2,1H3. The van der Waals surface area contributed by atoms with Crippen LogP contribution in [0, 0.1) is 0 Å². The van der Waals surface area contributed by atoms with Gasteiger partial charge in [-0.15, -0.1) is 0 Å². The van der Waals surface area contributed by atoms with Gasteiger partial charge in [-0.25, -0.2) is 9.78 Å². The molecule has 0 fully saturated rings. The van der Waals surface area contributed by atoms with Crippen molar-refractivity contribution in [2.45, 2.75) is 16.8 Å². The second-order valence-corrected chi connectivity index (χ2v) is 5.40. The number of rotatable bonds is 4. The number of pyridine rings is 1. The Hall–Kier alpha value is -1.72. The van der Waals surface area contributed by atoms with Gasteiger partial charge in [-0.2, -0.15) is 0 Å². The van der Waals surface area contributed by atoms with Crippen molar-refractivity contribution in [3.8, 4) is 0 Å². The van der Waals surface area contributed by atoms with E-state index in [2.05, 4.69) is 4.98 Å². The lowest BCUT2D eigenvalue weighted by atomic mass is 10.3. The summed E-state index contributed by atoms with van der Waals surface area (Å²) >= 11 is 7.28. The van der Waals surface area contributed by atoms with Crippen molar-refractivity contribution < 1.29 is 9.53 Å². The third kappa shape index (κ3) is 3.65. The Morgan fingerprint density at radius 2 is 2.25 bits per heavy atom. The van der Waals surface area contributed by atoms with E-state index in [1.54, 1.807) is 25.1 Å². The number of hydrogen-bond acceptors (Lipinski definition) is 5. The minimum Gasteiger partial charge on any atom is -0.462 e. The van der Waals surface area contributed by atoms with E-state index < -0.39 is 5.97 Å². The van der Waals surface area contributed by atoms with Crippen molar-refractivity contribution in [2.75, 3.05) is 12.3 Å². The molecule has 2 rings (SSSR count). The van der Waals surface area contributed by atoms with Crippen LogP contribution in [-0.2, 0) is 4.74 Å². The van der Waals surface area contributed by atoms with Crippen molar-refractivity contribution >= 4 is 35.0 Å². The number of halogens is 1. The van der Waals surface area contributed by atoms with E-state index in [-0.39, 0.29) is 0 Å². The number of anilines is 1. The molecule has 0 spiro atoms. The Kier molecular flexibility index (Phi) is 4.87. The van der Waals surface area contributed by atoms with E-state index in [4.69, 9.17) is 22.1 Å². The molecule has 0 aliphatic carbocycles. The average molecular weight is 309 g/mol. The Morgan fingerprint density at radius 1 is 1.45 bits per heavy atom. The van der Waals surface area contributed by atoms with Crippen LogP contribution in [0.25, 0.3) is 0 Å². The van der Waals surface area contributed by atoms with Crippen LogP contribution < -0.4 is 5.73 Å². The number of hydrogen-bond donors (Lipinski definition) is 1. The lowest BCUT2D eigenvalue weighted by molar-refractivity contribution is 0.0521. The number of benzene rings is 1. The van der Waals surface area contributed by atoms with Gasteiger partial charge < -0.3 is 10.5 Å². The number of carbonyl (C=O) groups excluding carboxylic acids is 1. The molecule has 0 aliphatic heterocycles. The molecule has 0 saturated heterocycles. The molecule has 0 radical (unpaired) electrons. The van der Waals surface area contributed by atoms with Crippen LogP contribution >= 0.6 is 23.4 Å². The monoisotopic (exact) mass is 308 g/mol. The molecule has 1 aromatic heterocycles. The largest absolute Gasteiger partial charge is 0.462 e. The fourth-order valence-electron chi connectivity index (χ4n) is 1.55. The maximum atomic E-state index is 11.9. The van der Waals surface area contributed by atoms with Crippen LogP contribution in [0.5, 0.6) is 0 Å². The molecule has 4 nitrogen and oxygen atoms in total. The van der Waals surface area contributed by atoms with Gasteiger partial charge in [0.15, 0.2) is 0 Å². The van der Waals surface area contributed by atoms with E-state index in [0.717, 1.165) is 4.90 Å². The minimum atomic E-state index is -0.433. The molecule has 2 N–H and O–H groups in total. The summed E-state index contributed by atoms with van der Waals surface area (Å²) in [6.45, 7) is 2.05. The number of nitrogen functional groups attached to an aromatic ring is 1. The molecule has 2 aromatic rings. The molecular formula is C14H13ClN2O2S. The van der Waals surface area contributed by atoms with Crippen molar-refractivity contribution in [2.24, 2.45) is 0 Å². The Bertz CT molecular complexity index is 634. The van der Waals surface area contributed by atoms with Gasteiger partial charge in [-0.1, -0.05) is 29.4 Å². The zero-order valence-corrected chi connectivity index (χ0v) is 12.4. The molecule has 1 aromatic carbocycles. The predicted octanol–water partition coefficient (Wildman–Crippen LogP) is 3.65. The molecule has 104 valence electrons. The molecular weight excluding hydrogens is 296 g/mol. The highest BCUT2D eigenvalue weighted by Crippen LogP contribution is 2.31. The number of esters is 1. The van der Waals surface area contributed by atoms with Gasteiger partial charge in [0.1, 0.15) is 5.03 Å². The molecule has 0 unspecified atom stereocenters. The number of aromatic nitrogens is 1. The summed E-state index contributed by atoms with van der Waals surface area (Å²) in [5.74, 6) is -0.433. The zero-order chi connectivity index (χ0) is 14.5. The molecule has 0 atom stereocenters. The van der Waals surface area contributed by atoms with Crippen LogP contribution in [-0.4, -0.2) is 17.6 Å². The van der Waals surface area contributed by atoms with Gasteiger partial charge in [0.05, 0.1) is 24.1 Å². The predicted molar refractivity (Wildman–Crippen MR) is 80.2 cm³/mol. The highest BCUT2D eigenvalue weighted by molar-refractivity contribution is 7.99. The molecule has 6 heteroatoms. The molecule has 0 aliphatic rings. The van der Waals surface area contributed by atoms with E-state index in [0.29, 0.717) is 27.9 Å². The first-order valence-corrected chi connectivity index (χ1v) is 7.15. The van der Waals surface area contributed by atoms with Gasteiger partial charge in [0.25, 0.3) is 0 Å². The molecule has 1 heterocycles. The fraction of sp³-hybridized carbons (Fsp3) is 0.143. The SMILES string of the molecule is CCOC(=O)c1cc(N)cnc1Sc1cccc(Cl)c1. The third-order valence-electron chi connectivity index (χ3n) is 2.38. The maximum Gasteiger partial charge on any atom is 0.340 e. The van der Waals surface area contributed by atoms with Crippen LogP contribution in [0.1, 0.15) is 17.3 Å². The van der Waals surface area contributed by atoms with Gasteiger partial charge in [-0.05, 0) is 31.2 Å². The zero-order valence-electron chi connectivity index (χ0n) is 10.8. The quantitative estimate of drug-likeness (QED) is 0.873. The van der Waals surface area contributed by atoms with Crippen LogP contribution in [0.4, 0.5) is 5.69 Å². The van der Waals surface area contributed by atoms with Crippen molar-refractivity contribution in [1.82, 2.24) is 4.98 Å². The van der Waals surface area contributed by atoms with Gasteiger partial charge in [0, 0.05) is 9.92 Å². The summed E-state index contributed by atoms with van der Waals surface area (Å²) in [4.78, 5) is 17.0. The molecule has 0 saturated carbocycles. The smallest absolute Gasteiger partial charge is 0.340 e. The van der Waals surface area contributed by atoms with Crippen molar-refractivity contribution in [3.63, 3.8) is 0 Å². The summed E-state index contributed by atoms with van der Waals surface area (Å²) in [5, 5.41) is 1.17. The van der Waals surface area contributed by atoms with Gasteiger partial charge >= 0.3 is 5.97 Å². The second-order valence-electron chi connectivity index (χ2n) is 3.90. The number of carbonyl (C=O) groups is 1. The summed E-state index contributed by atoms with van der Waals surface area (Å²) in [6.07, 6.45) is 1.51. The van der Waals surface area contributed by atoms with E-state index >= 15 is 0 Å². The summed E-state index contributed by atoms with van der Waals surface area (Å²) in [7, 11) is 0. The van der Waals surface area contributed by atoms with E-state index in [1.165, 1.54) is 18.0 Å². The first-order chi connectivity index (χ1) is 9.60. The van der Waals surface area contributed by atoms with Crippen LogP contribution in [0.2, 0.25) is 5.02 Å². The summed E-state index contributed by atoms with van der Waals surface area (Å²) < 4.78 is 5.01. The summed E-state index contributed by atoms with van der Waals surface area (Å²) in [5.41, 5.74) is 6.46. The third-order valence-corrected chi connectivity index (χ3v) is 3.62. The fourth-order valence-corrected chi connectivity index (χ4v) is 2.72. The number of ether oxygens (including phenoxy) is 1. The first kappa shape index (κ1) is 14.7. The van der Waals surface area contributed by atoms with Crippen molar-refractivity contribution in [1.29, 1.82) is 0 Å². The Morgan fingerprint density at radius 3 is 2.95 bits per heavy atom. The van der Waals surface area contributed by atoms with E-state index in [9.17, 15) is 4.79 Å². The normalized spacial score (nSPS) is 10.3. The average Bonchev–Trinajstić information content (AvgIpc) is 2.41. The summed E-state index contributed by atoms with van der Waals surface area (Å²) in [6, 6.07) is 8.89. The maximum absolute atomic E-state index is 11.9. The van der Waals surface area contributed by atoms with Gasteiger partial charge in [-0.3, -0.25) is 0 Å². The highest BCUT2D eigenvalue weighted by atomic mass is 35.5. The van der Waals surface area contributed by atoms with Crippen molar-refractivity contribution in [3.05, 3.63) is 47.1 Å². The van der Waals surface area contributed by atoms with Crippen LogP contribution in [0.3, 0.4) is 0 Å². The van der Waals surface area contributed by atoms with Gasteiger partial charge in [0.2, 0.25) is 0 Å². The lowest BCUT2D eigenvalue weighted by Crippen LogP contribution is -2.08. The number of nitrogens with zero attached hydrogens (tertiary/aromatic N) is 1. The molecule has 0 amide bonds. The lowest BCUT2D eigenvalue weighted by Gasteiger charge is -2.08. The minimum absolute atomic E-state index is 0.301. The highest BCUT2D eigenvalue weighted by Gasteiger charge is 2.15. The molecule has 0 bridgehead atoms. The first-order valence-electron chi connectivity index (χ1n) is 5.96. The van der Waals surface area contributed by atoms with E-state index in [1.807, 2.05) is 12.1 Å². The topological polar surface area (TPSA) is 65.2 Å². The Balaban J connectivity index is 2.33. The Labute approximate surface area is 126 Å². The van der Waals surface area contributed by atoms with Crippen LogP contribution in [0.15, 0.2) is 46.5 Å². The second kappa shape index (κ2) is 6.63. The molecule has 20 heavy (non-hydrogen) atoms.